The quantitative estimate of drug-likeness (QED) is 0.551. The lowest BCUT2D eigenvalue weighted by Gasteiger charge is -2.28. The second-order valence-corrected chi connectivity index (χ2v) is 5.99. The van der Waals surface area contributed by atoms with Crippen molar-refractivity contribution in [2.24, 2.45) is 0 Å². The molecule has 0 bridgehead atoms. The van der Waals surface area contributed by atoms with E-state index < -0.39 is 34.5 Å². The average Bonchev–Trinajstić information content (AvgIpc) is 2.61. The average molecular weight is 388 g/mol. The van der Waals surface area contributed by atoms with Crippen LogP contribution in [0.1, 0.15) is 18.5 Å². The molecule has 1 atom stereocenters. The maximum absolute atomic E-state index is 14.2. The summed E-state index contributed by atoms with van der Waals surface area (Å²) in [6.45, 7) is 1.47. The predicted octanol–water partition coefficient (Wildman–Crippen LogP) is 3.14. The summed E-state index contributed by atoms with van der Waals surface area (Å²) in [6, 6.07) is 6.16. The summed E-state index contributed by atoms with van der Waals surface area (Å²) in [6.07, 6.45) is 0. The number of hydrogen-bond donors (Lipinski definition) is 3. The molecule has 3 rings (SSSR count). The zero-order valence-electron chi connectivity index (χ0n) is 14.5. The molecule has 0 aliphatic carbocycles. The fourth-order valence-corrected chi connectivity index (χ4v) is 2.83. The number of rotatable bonds is 4. The van der Waals surface area contributed by atoms with Crippen molar-refractivity contribution in [1.29, 1.82) is 0 Å². The van der Waals surface area contributed by atoms with Crippen LogP contribution in [0.5, 0.6) is 0 Å². The number of nitrogens with zero attached hydrogens (tertiary/aromatic N) is 1. The minimum atomic E-state index is -1.15. The molecule has 10 heteroatoms. The molecule has 0 saturated carbocycles. The second-order valence-electron chi connectivity index (χ2n) is 5.99. The summed E-state index contributed by atoms with van der Waals surface area (Å²) in [7, 11) is 0. The van der Waals surface area contributed by atoms with Crippen LogP contribution in [0, 0.1) is 21.7 Å². The Morgan fingerprint density at radius 2 is 1.86 bits per heavy atom. The zero-order valence-corrected chi connectivity index (χ0v) is 14.5. The molecule has 1 aliphatic heterocycles. The van der Waals surface area contributed by atoms with E-state index in [1.54, 1.807) is 0 Å². The zero-order chi connectivity index (χ0) is 20.4. The van der Waals surface area contributed by atoms with Crippen LogP contribution >= 0.6 is 0 Å². The van der Waals surface area contributed by atoms with E-state index in [9.17, 15) is 28.5 Å². The van der Waals surface area contributed by atoms with Gasteiger partial charge in [0.25, 0.3) is 11.6 Å². The van der Waals surface area contributed by atoms with Crippen LogP contribution in [0.25, 0.3) is 0 Å². The number of nitrogens with one attached hydrogen (secondary N) is 3. The maximum atomic E-state index is 14.2. The predicted molar refractivity (Wildman–Crippen MR) is 95.2 cm³/mol. The van der Waals surface area contributed by atoms with E-state index in [0.717, 1.165) is 12.1 Å². The van der Waals surface area contributed by atoms with Crippen LogP contribution < -0.4 is 16.0 Å². The smallest absolute Gasteiger partial charge is 0.319 e. The highest BCUT2D eigenvalue weighted by Crippen LogP contribution is 2.30. The lowest BCUT2D eigenvalue weighted by Crippen LogP contribution is -2.46. The number of allylic oxidation sites excluding steroid dienone is 1. The van der Waals surface area contributed by atoms with Gasteiger partial charge in [0.1, 0.15) is 11.6 Å². The van der Waals surface area contributed by atoms with Gasteiger partial charge < -0.3 is 16.0 Å². The van der Waals surface area contributed by atoms with Gasteiger partial charge in [-0.1, -0.05) is 6.07 Å². The molecule has 2 aromatic rings. The number of halogens is 2. The van der Waals surface area contributed by atoms with Gasteiger partial charge in [-0.25, -0.2) is 13.6 Å². The number of amides is 3. The summed E-state index contributed by atoms with van der Waals surface area (Å²) < 4.78 is 27.5. The van der Waals surface area contributed by atoms with E-state index in [0.29, 0.717) is 6.07 Å². The monoisotopic (exact) mass is 388 g/mol. The van der Waals surface area contributed by atoms with Crippen molar-refractivity contribution in [3.05, 3.63) is 81.0 Å². The fourth-order valence-electron chi connectivity index (χ4n) is 2.83. The molecule has 2 aromatic carbocycles. The fraction of sp³-hybridized carbons (Fsp3) is 0.111. The Morgan fingerprint density at radius 3 is 2.46 bits per heavy atom. The van der Waals surface area contributed by atoms with Gasteiger partial charge in [-0.05, 0) is 25.1 Å². The summed E-state index contributed by atoms with van der Waals surface area (Å²) >= 11 is 0. The van der Waals surface area contributed by atoms with Gasteiger partial charge in [-0.15, -0.1) is 0 Å². The first kappa shape index (κ1) is 19.0. The molecule has 0 aromatic heterocycles. The normalized spacial score (nSPS) is 16.2. The van der Waals surface area contributed by atoms with Gasteiger partial charge >= 0.3 is 6.03 Å². The first-order valence-electron chi connectivity index (χ1n) is 8.05. The van der Waals surface area contributed by atoms with Crippen molar-refractivity contribution < 1.29 is 23.3 Å². The molecule has 144 valence electrons. The molecule has 0 unspecified atom stereocenters. The summed E-state index contributed by atoms with van der Waals surface area (Å²) in [4.78, 5) is 34.7. The third kappa shape index (κ3) is 3.80. The van der Waals surface area contributed by atoms with Crippen molar-refractivity contribution in [3.8, 4) is 0 Å². The number of carbonyl (C=O) groups is 2. The van der Waals surface area contributed by atoms with Crippen LogP contribution in [-0.2, 0) is 4.79 Å². The number of benzene rings is 2. The third-order valence-corrected chi connectivity index (χ3v) is 4.12. The van der Waals surface area contributed by atoms with Crippen LogP contribution in [0.15, 0.2) is 53.7 Å². The molecule has 28 heavy (non-hydrogen) atoms. The molecule has 1 aliphatic rings. The Kier molecular flexibility index (Phi) is 5.03. The molecule has 0 saturated heterocycles. The van der Waals surface area contributed by atoms with Crippen molar-refractivity contribution >= 4 is 23.3 Å². The van der Waals surface area contributed by atoms with E-state index >= 15 is 0 Å². The number of nitro groups is 1. The number of urea groups is 1. The highest BCUT2D eigenvalue weighted by molar-refractivity contribution is 6.06. The molecule has 0 radical (unpaired) electrons. The number of anilines is 1. The number of non-ortho nitro benzene ring substituents is 1. The summed E-state index contributed by atoms with van der Waals surface area (Å²) in [5.41, 5.74) is 0.252. The molecule has 3 amide bonds. The molecule has 3 N–H and O–H groups in total. The molecule has 1 heterocycles. The van der Waals surface area contributed by atoms with Crippen LogP contribution in [0.3, 0.4) is 0 Å². The van der Waals surface area contributed by atoms with E-state index in [1.165, 1.54) is 31.2 Å². The van der Waals surface area contributed by atoms with Crippen molar-refractivity contribution in [2.75, 3.05) is 5.32 Å². The Labute approximate surface area is 157 Å². The lowest BCUT2D eigenvalue weighted by molar-refractivity contribution is -0.384. The Balaban J connectivity index is 1.93. The number of nitro benzene ring substituents is 1. The first-order valence-corrected chi connectivity index (χ1v) is 8.05. The van der Waals surface area contributed by atoms with E-state index in [1.807, 2.05) is 0 Å². The molecular formula is C18H14F2N4O4. The van der Waals surface area contributed by atoms with Crippen LogP contribution in [-0.4, -0.2) is 16.9 Å². The standard InChI is InChI=1S/C18H14F2N4O4/c1-9-15(17(25)22-11-3-5-12(6-4-11)24(27)28)16(23-18(26)21-9)13-7-2-10(19)8-14(13)20/h2-8,16H,1H3,(H,22,25)(H2,21,23,26)/t16-/m1/s1. The Morgan fingerprint density at radius 1 is 1.18 bits per heavy atom. The first-order chi connectivity index (χ1) is 13.3. The Bertz CT molecular complexity index is 1010. The second kappa shape index (κ2) is 7.43. The minimum Gasteiger partial charge on any atom is -0.327 e. The number of carbonyl (C=O) groups excluding carboxylic acids is 2. The summed E-state index contributed by atoms with van der Waals surface area (Å²) in [5.74, 6) is -2.37. The van der Waals surface area contributed by atoms with Gasteiger partial charge in [0.05, 0.1) is 16.5 Å². The van der Waals surface area contributed by atoms with E-state index in [-0.39, 0.29) is 28.2 Å². The molecule has 0 fully saturated rings. The highest BCUT2D eigenvalue weighted by atomic mass is 19.1. The van der Waals surface area contributed by atoms with Crippen molar-refractivity contribution in [2.45, 2.75) is 13.0 Å². The number of hydrogen-bond acceptors (Lipinski definition) is 4. The summed E-state index contributed by atoms with van der Waals surface area (Å²) in [5, 5.41) is 18.1. The lowest BCUT2D eigenvalue weighted by atomic mass is 9.94. The third-order valence-electron chi connectivity index (χ3n) is 4.12. The molecule has 0 spiro atoms. The minimum absolute atomic E-state index is 0.0171. The van der Waals surface area contributed by atoms with Crippen molar-refractivity contribution in [1.82, 2.24) is 10.6 Å². The van der Waals surface area contributed by atoms with Gasteiger partial charge in [0.15, 0.2) is 0 Å². The topological polar surface area (TPSA) is 113 Å². The molecular weight excluding hydrogens is 374 g/mol. The maximum Gasteiger partial charge on any atom is 0.319 e. The SMILES string of the molecule is CC1=C(C(=O)Nc2ccc([N+](=O)[O-])cc2)[C@@H](c2ccc(F)cc2F)NC(=O)N1. The van der Waals surface area contributed by atoms with Crippen molar-refractivity contribution in [3.63, 3.8) is 0 Å². The van der Waals surface area contributed by atoms with E-state index in [2.05, 4.69) is 16.0 Å². The van der Waals surface area contributed by atoms with Gasteiger partial charge in [0.2, 0.25) is 0 Å². The largest absolute Gasteiger partial charge is 0.327 e. The highest BCUT2D eigenvalue weighted by Gasteiger charge is 2.33. The van der Waals surface area contributed by atoms with Crippen LogP contribution in [0.2, 0.25) is 0 Å². The van der Waals surface area contributed by atoms with E-state index in [4.69, 9.17) is 0 Å². The molecule has 8 nitrogen and oxygen atoms in total. The van der Waals surface area contributed by atoms with Gasteiger partial charge in [0, 0.05) is 35.1 Å². The van der Waals surface area contributed by atoms with Gasteiger partial charge in [-0.3, -0.25) is 14.9 Å². The van der Waals surface area contributed by atoms with Crippen LogP contribution in [0.4, 0.5) is 25.0 Å². The Hall–Kier alpha value is -3.82. The van der Waals surface area contributed by atoms with Gasteiger partial charge in [-0.2, -0.15) is 0 Å².